The fourth-order valence-electron chi connectivity index (χ4n) is 6.68. The maximum Gasteiger partial charge on any atom is 0.0159 e. The second kappa shape index (κ2) is 8.81. The molecule has 0 radical (unpaired) electrons. The maximum absolute atomic E-state index is 2.50. The molecule has 0 heteroatoms. The van der Waals surface area contributed by atoms with Crippen LogP contribution in [0, 0.1) is 0 Å². The smallest absolute Gasteiger partial charge is 0.0159 e. The first kappa shape index (κ1) is 27.8. The van der Waals surface area contributed by atoms with Gasteiger partial charge in [0, 0.05) is 5.41 Å². The summed E-state index contributed by atoms with van der Waals surface area (Å²) >= 11 is 0. The highest BCUT2D eigenvalue weighted by molar-refractivity contribution is 6.09. The van der Waals surface area contributed by atoms with Crippen LogP contribution in [-0.2, 0) is 21.7 Å². The Hall–Kier alpha value is -3.38. The summed E-state index contributed by atoms with van der Waals surface area (Å²) in [4.78, 5) is 0. The third-order valence-corrected chi connectivity index (χ3v) is 9.52. The Bertz CT molecular complexity index is 1840. The van der Waals surface area contributed by atoms with E-state index in [1.165, 1.54) is 71.6 Å². The Morgan fingerprint density at radius 1 is 0.439 bits per heavy atom. The molecule has 6 rings (SSSR count). The standard InChI is InChI=1S/C41H46/c1-38(2,3)28-15-18-32-27(21-28)13-12-25-20-26(14-17-31(25)32)34-22-30(40(7,8)9)24-36-37(34)33-19-16-29(39(4,5)6)23-35(33)41(36,10)11/h12-24H,1-11H3. The quantitative estimate of drug-likeness (QED) is 0.186. The van der Waals surface area contributed by atoms with Crippen LogP contribution in [0.2, 0.25) is 0 Å². The van der Waals surface area contributed by atoms with E-state index in [9.17, 15) is 0 Å². The summed E-state index contributed by atoms with van der Waals surface area (Å²) < 4.78 is 0. The van der Waals surface area contributed by atoms with E-state index in [2.05, 4.69) is 155 Å². The van der Waals surface area contributed by atoms with Crippen molar-refractivity contribution in [2.75, 3.05) is 0 Å². The van der Waals surface area contributed by atoms with Crippen molar-refractivity contribution in [2.45, 2.75) is 97.8 Å². The summed E-state index contributed by atoms with van der Waals surface area (Å²) in [6.45, 7) is 25.6. The van der Waals surface area contributed by atoms with Crippen LogP contribution in [0.5, 0.6) is 0 Å². The third kappa shape index (κ3) is 4.51. The lowest BCUT2D eigenvalue weighted by Gasteiger charge is -2.27. The number of hydrogen-bond donors (Lipinski definition) is 0. The summed E-state index contributed by atoms with van der Waals surface area (Å²) in [5.74, 6) is 0. The first-order valence-corrected chi connectivity index (χ1v) is 15.3. The largest absolute Gasteiger partial charge is 0.0579 e. The van der Waals surface area contributed by atoms with E-state index >= 15 is 0 Å². The minimum atomic E-state index is -0.0558. The summed E-state index contributed by atoms with van der Waals surface area (Å²) in [6, 6.07) is 30.9. The molecule has 0 unspecified atom stereocenters. The molecule has 0 saturated heterocycles. The van der Waals surface area contributed by atoms with E-state index < -0.39 is 0 Å². The SMILES string of the molecule is CC(C)(C)c1ccc2c(c1)C(C)(C)c1cc(C(C)(C)C)cc(-c3ccc4c(ccc5cc(C(C)(C)C)ccc54)c3)c1-2. The van der Waals surface area contributed by atoms with Gasteiger partial charge in [-0.25, -0.2) is 0 Å². The Morgan fingerprint density at radius 3 is 1.56 bits per heavy atom. The highest BCUT2D eigenvalue weighted by atomic mass is 14.4. The molecular formula is C41H46. The molecule has 210 valence electrons. The van der Waals surface area contributed by atoms with Gasteiger partial charge in [0.2, 0.25) is 0 Å². The molecule has 5 aromatic carbocycles. The molecule has 0 spiro atoms. The zero-order chi connectivity index (χ0) is 29.7. The predicted molar refractivity (Wildman–Crippen MR) is 181 cm³/mol. The fourth-order valence-corrected chi connectivity index (χ4v) is 6.68. The summed E-state index contributed by atoms with van der Waals surface area (Å²) in [6.07, 6.45) is 0. The van der Waals surface area contributed by atoms with Gasteiger partial charge in [0.1, 0.15) is 0 Å². The zero-order valence-corrected chi connectivity index (χ0v) is 27.0. The van der Waals surface area contributed by atoms with Crippen molar-refractivity contribution in [1.82, 2.24) is 0 Å². The molecule has 1 aliphatic carbocycles. The second-order valence-corrected chi connectivity index (χ2v) is 16.0. The molecular weight excluding hydrogens is 492 g/mol. The highest BCUT2D eigenvalue weighted by Crippen LogP contribution is 2.54. The number of benzene rings is 5. The molecule has 0 amide bonds. The molecule has 0 aromatic heterocycles. The molecule has 1 aliphatic rings. The van der Waals surface area contributed by atoms with E-state index in [-0.39, 0.29) is 21.7 Å². The predicted octanol–water partition coefficient (Wildman–Crippen LogP) is 11.9. The molecule has 0 N–H and O–H groups in total. The lowest BCUT2D eigenvalue weighted by Crippen LogP contribution is -2.19. The molecule has 0 atom stereocenters. The average Bonchev–Trinajstić information content (AvgIpc) is 3.12. The highest BCUT2D eigenvalue weighted by Gasteiger charge is 2.39. The molecule has 0 fully saturated rings. The van der Waals surface area contributed by atoms with Gasteiger partial charge in [-0.1, -0.05) is 143 Å². The first-order chi connectivity index (χ1) is 19.0. The second-order valence-electron chi connectivity index (χ2n) is 16.0. The van der Waals surface area contributed by atoms with Crippen LogP contribution in [-0.4, -0.2) is 0 Å². The summed E-state index contributed by atoms with van der Waals surface area (Å²) in [5, 5.41) is 5.27. The average molecular weight is 539 g/mol. The van der Waals surface area contributed by atoms with Crippen molar-refractivity contribution < 1.29 is 0 Å². The van der Waals surface area contributed by atoms with Gasteiger partial charge < -0.3 is 0 Å². The molecule has 5 aromatic rings. The molecule has 0 heterocycles. The van der Waals surface area contributed by atoms with Gasteiger partial charge in [-0.2, -0.15) is 0 Å². The number of fused-ring (bicyclic) bond motifs is 6. The van der Waals surface area contributed by atoms with Crippen LogP contribution >= 0.6 is 0 Å². The topological polar surface area (TPSA) is 0 Å². The lowest BCUT2D eigenvalue weighted by atomic mass is 9.76. The van der Waals surface area contributed by atoms with Crippen LogP contribution in [0.3, 0.4) is 0 Å². The van der Waals surface area contributed by atoms with E-state index in [4.69, 9.17) is 0 Å². The van der Waals surface area contributed by atoms with Crippen molar-refractivity contribution in [2.24, 2.45) is 0 Å². The summed E-state index contributed by atoms with van der Waals surface area (Å²) in [5.41, 5.74) is 12.8. The monoisotopic (exact) mass is 538 g/mol. The Balaban J connectivity index is 1.60. The van der Waals surface area contributed by atoms with Crippen molar-refractivity contribution in [3.05, 3.63) is 107 Å². The molecule has 0 nitrogen and oxygen atoms in total. The number of hydrogen-bond acceptors (Lipinski definition) is 0. The van der Waals surface area contributed by atoms with Crippen LogP contribution < -0.4 is 0 Å². The first-order valence-electron chi connectivity index (χ1n) is 15.3. The van der Waals surface area contributed by atoms with Gasteiger partial charge in [-0.15, -0.1) is 0 Å². The van der Waals surface area contributed by atoms with Crippen LogP contribution in [0.15, 0.2) is 78.9 Å². The fraction of sp³-hybridized carbons (Fsp3) is 0.366. The van der Waals surface area contributed by atoms with Crippen molar-refractivity contribution in [3.63, 3.8) is 0 Å². The summed E-state index contributed by atoms with van der Waals surface area (Å²) in [7, 11) is 0. The Morgan fingerprint density at radius 2 is 0.951 bits per heavy atom. The zero-order valence-electron chi connectivity index (χ0n) is 27.0. The molecule has 0 bridgehead atoms. The Kier molecular flexibility index (Phi) is 5.97. The van der Waals surface area contributed by atoms with Crippen LogP contribution in [0.25, 0.3) is 43.8 Å². The van der Waals surface area contributed by atoms with E-state index in [0.717, 1.165) is 0 Å². The molecule has 0 saturated carbocycles. The Labute approximate surface area is 247 Å². The van der Waals surface area contributed by atoms with Crippen LogP contribution in [0.1, 0.15) is 104 Å². The van der Waals surface area contributed by atoms with Crippen LogP contribution in [0.4, 0.5) is 0 Å². The minimum Gasteiger partial charge on any atom is -0.0579 e. The van der Waals surface area contributed by atoms with Crippen molar-refractivity contribution >= 4 is 21.5 Å². The van der Waals surface area contributed by atoms with Gasteiger partial charge >= 0.3 is 0 Å². The van der Waals surface area contributed by atoms with E-state index in [1.54, 1.807) is 0 Å². The van der Waals surface area contributed by atoms with Gasteiger partial charge in [-0.3, -0.25) is 0 Å². The lowest BCUT2D eigenvalue weighted by molar-refractivity contribution is 0.580. The van der Waals surface area contributed by atoms with Gasteiger partial charge in [0.15, 0.2) is 0 Å². The maximum atomic E-state index is 2.50. The molecule has 41 heavy (non-hydrogen) atoms. The van der Waals surface area contributed by atoms with Gasteiger partial charge in [-0.05, 0) is 100.0 Å². The van der Waals surface area contributed by atoms with E-state index in [0.29, 0.717) is 0 Å². The van der Waals surface area contributed by atoms with Crippen molar-refractivity contribution in [3.8, 4) is 22.3 Å². The third-order valence-electron chi connectivity index (χ3n) is 9.52. The van der Waals surface area contributed by atoms with Gasteiger partial charge in [0.05, 0.1) is 0 Å². The normalized spacial score (nSPS) is 14.9. The van der Waals surface area contributed by atoms with Crippen molar-refractivity contribution in [1.29, 1.82) is 0 Å². The molecule has 0 aliphatic heterocycles. The minimum absolute atomic E-state index is 0.0558. The van der Waals surface area contributed by atoms with Gasteiger partial charge in [0.25, 0.3) is 0 Å². The van der Waals surface area contributed by atoms with E-state index in [1.807, 2.05) is 0 Å². The number of rotatable bonds is 1.